The van der Waals surface area contributed by atoms with E-state index >= 15 is 0 Å². The van der Waals surface area contributed by atoms with Crippen molar-refractivity contribution in [3.8, 4) is 0 Å². The van der Waals surface area contributed by atoms with E-state index in [1.165, 1.54) is 0 Å². The van der Waals surface area contributed by atoms with Crippen LogP contribution in [0.5, 0.6) is 0 Å². The van der Waals surface area contributed by atoms with Gasteiger partial charge in [0, 0.05) is 19.4 Å². The first-order valence-corrected chi connectivity index (χ1v) is 7.14. The largest absolute Gasteiger partial charge is 0.397 e. The predicted octanol–water partition coefficient (Wildman–Crippen LogP) is 0.347. The maximum Gasteiger partial charge on any atom is 0.351 e. The van der Waals surface area contributed by atoms with E-state index in [0.717, 1.165) is 12.8 Å². The van der Waals surface area contributed by atoms with Gasteiger partial charge in [-0.2, -0.15) is 0 Å². The fourth-order valence-corrected chi connectivity index (χ4v) is 2.97. The molecule has 0 aromatic rings. The second-order valence-electron chi connectivity index (χ2n) is 3.23. The van der Waals surface area contributed by atoms with E-state index < -0.39 is 8.56 Å². The van der Waals surface area contributed by atoms with Crippen molar-refractivity contribution >= 4 is 8.56 Å². The normalized spacial score (nSPS) is 18.2. The van der Waals surface area contributed by atoms with Gasteiger partial charge >= 0.3 is 8.56 Å². The first-order valence-electron chi connectivity index (χ1n) is 4.75. The van der Waals surface area contributed by atoms with Gasteiger partial charge in [-0.25, -0.2) is 0 Å². The molecule has 0 aliphatic rings. The summed E-state index contributed by atoms with van der Waals surface area (Å²) < 4.78 is 11.1. The Kier molecular flexibility index (Phi) is 6.53. The fraction of sp³-hybridized carbons (Fsp3) is 1.00. The Balaban J connectivity index is 3.95. The molecular weight excluding hydrogens is 184 g/mol. The standard InChI is InChI=1S/C8H22N2O2Si/c1-4-8(10)13(3,11-2)12-7-5-6-9/h8H,4-7,9-10H2,1-3H3. The van der Waals surface area contributed by atoms with Crippen molar-refractivity contribution in [1.82, 2.24) is 0 Å². The van der Waals surface area contributed by atoms with Crippen LogP contribution >= 0.6 is 0 Å². The number of nitrogens with two attached hydrogens (primary N) is 2. The average Bonchev–Trinajstić information content (AvgIpc) is 2.16. The highest BCUT2D eigenvalue weighted by atomic mass is 28.4. The highest BCUT2D eigenvalue weighted by Gasteiger charge is 2.36. The van der Waals surface area contributed by atoms with Crippen molar-refractivity contribution in [2.75, 3.05) is 20.3 Å². The lowest BCUT2D eigenvalue weighted by atomic mass is 10.5. The third kappa shape index (κ3) is 4.19. The van der Waals surface area contributed by atoms with Crippen molar-refractivity contribution in [3.63, 3.8) is 0 Å². The molecule has 0 rings (SSSR count). The summed E-state index contributed by atoms with van der Waals surface area (Å²) in [5.41, 5.74) is 11.3. The van der Waals surface area contributed by atoms with Crippen LogP contribution in [0, 0.1) is 0 Å². The summed E-state index contributed by atoms with van der Waals surface area (Å²) in [7, 11) is -0.471. The number of hydrogen-bond donors (Lipinski definition) is 2. The van der Waals surface area contributed by atoms with E-state index in [-0.39, 0.29) is 5.67 Å². The van der Waals surface area contributed by atoms with Crippen LogP contribution in [0.2, 0.25) is 6.55 Å². The maximum atomic E-state index is 5.92. The van der Waals surface area contributed by atoms with Crippen molar-refractivity contribution in [2.45, 2.75) is 32.0 Å². The van der Waals surface area contributed by atoms with Crippen molar-refractivity contribution in [3.05, 3.63) is 0 Å². The highest BCUT2D eigenvalue weighted by Crippen LogP contribution is 2.12. The van der Waals surface area contributed by atoms with Crippen LogP contribution in [0.15, 0.2) is 0 Å². The Hall–Kier alpha value is 0.0569. The molecule has 0 aromatic carbocycles. The molecule has 13 heavy (non-hydrogen) atoms. The van der Waals surface area contributed by atoms with Crippen LogP contribution in [0.3, 0.4) is 0 Å². The lowest BCUT2D eigenvalue weighted by Gasteiger charge is -2.30. The minimum Gasteiger partial charge on any atom is -0.397 e. The van der Waals surface area contributed by atoms with E-state index in [4.69, 9.17) is 20.3 Å². The molecule has 0 bridgehead atoms. The zero-order chi connectivity index (χ0) is 10.3. The SMILES string of the molecule is CCC(N)[Si](C)(OC)OCCCN. The van der Waals surface area contributed by atoms with E-state index in [9.17, 15) is 0 Å². The molecule has 0 fully saturated rings. The Morgan fingerprint density at radius 1 is 1.46 bits per heavy atom. The molecule has 80 valence electrons. The third-order valence-electron chi connectivity index (χ3n) is 2.26. The molecule has 0 aromatic heterocycles. The topological polar surface area (TPSA) is 70.5 Å². The van der Waals surface area contributed by atoms with Crippen LogP contribution in [0.25, 0.3) is 0 Å². The number of hydrogen-bond acceptors (Lipinski definition) is 4. The molecule has 5 heteroatoms. The summed E-state index contributed by atoms with van der Waals surface area (Å²) in [6.45, 7) is 5.34. The third-order valence-corrected chi connectivity index (χ3v) is 5.60. The lowest BCUT2D eigenvalue weighted by molar-refractivity contribution is 0.193. The fourth-order valence-electron chi connectivity index (χ4n) is 1.05. The number of rotatable bonds is 7. The molecule has 0 heterocycles. The smallest absolute Gasteiger partial charge is 0.351 e. The van der Waals surface area contributed by atoms with Gasteiger partial charge in [0.2, 0.25) is 0 Å². The Labute approximate surface area is 81.8 Å². The first kappa shape index (κ1) is 13.1. The lowest BCUT2D eigenvalue weighted by Crippen LogP contribution is -2.54. The minimum atomic E-state index is -2.14. The zero-order valence-corrected chi connectivity index (χ0v) is 9.88. The van der Waals surface area contributed by atoms with Gasteiger partial charge < -0.3 is 20.3 Å². The molecule has 0 saturated carbocycles. The van der Waals surface area contributed by atoms with Crippen LogP contribution < -0.4 is 11.5 Å². The predicted molar refractivity (Wildman–Crippen MR) is 56.5 cm³/mol. The molecule has 4 N–H and O–H groups in total. The molecule has 0 aliphatic heterocycles. The summed E-state index contributed by atoms with van der Waals surface area (Å²) in [6, 6.07) is 0. The summed E-state index contributed by atoms with van der Waals surface area (Å²) >= 11 is 0. The van der Waals surface area contributed by atoms with Gasteiger partial charge in [0.25, 0.3) is 0 Å². The summed E-state index contributed by atoms with van der Waals surface area (Å²) in [5, 5.41) is 0. The van der Waals surface area contributed by atoms with Gasteiger partial charge in [0.05, 0.1) is 0 Å². The quantitative estimate of drug-likeness (QED) is 0.466. The molecule has 2 unspecified atom stereocenters. The van der Waals surface area contributed by atoms with Crippen LogP contribution in [-0.4, -0.2) is 34.5 Å². The summed E-state index contributed by atoms with van der Waals surface area (Å²) in [5.74, 6) is 0. The Morgan fingerprint density at radius 2 is 2.08 bits per heavy atom. The zero-order valence-electron chi connectivity index (χ0n) is 8.88. The van der Waals surface area contributed by atoms with Crippen molar-refractivity contribution in [2.24, 2.45) is 11.5 Å². The molecule has 0 saturated heterocycles. The molecule has 0 spiro atoms. The molecule has 0 radical (unpaired) electrons. The second-order valence-corrected chi connectivity index (χ2v) is 6.70. The van der Waals surface area contributed by atoms with Gasteiger partial charge in [0.1, 0.15) is 0 Å². The van der Waals surface area contributed by atoms with Crippen LogP contribution in [-0.2, 0) is 8.85 Å². The van der Waals surface area contributed by atoms with E-state index in [1.54, 1.807) is 7.11 Å². The van der Waals surface area contributed by atoms with E-state index in [2.05, 4.69) is 0 Å². The van der Waals surface area contributed by atoms with E-state index in [0.29, 0.717) is 13.2 Å². The summed E-state index contributed by atoms with van der Waals surface area (Å²) in [4.78, 5) is 0. The summed E-state index contributed by atoms with van der Waals surface area (Å²) in [6.07, 6.45) is 1.75. The molecule has 0 amide bonds. The van der Waals surface area contributed by atoms with Gasteiger partial charge in [-0.05, 0) is 25.9 Å². The van der Waals surface area contributed by atoms with Crippen molar-refractivity contribution < 1.29 is 8.85 Å². The Morgan fingerprint density at radius 3 is 2.46 bits per heavy atom. The van der Waals surface area contributed by atoms with Gasteiger partial charge in [-0.3, -0.25) is 0 Å². The minimum absolute atomic E-state index is 0.0373. The van der Waals surface area contributed by atoms with Gasteiger partial charge in [0.15, 0.2) is 0 Å². The van der Waals surface area contributed by atoms with Crippen LogP contribution in [0.4, 0.5) is 0 Å². The molecule has 4 nitrogen and oxygen atoms in total. The Bertz CT molecular complexity index is 137. The monoisotopic (exact) mass is 206 g/mol. The van der Waals surface area contributed by atoms with Gasteiger partial charge in [-0.1, -0.05) is 6.92 Å². The second kappa shape index (κ2) is 6.50. The first-order chi connectivity index (χ1) is 6.10. The molecular formula is C8H22N2O2Si. The van der Waals surface area contributed by atoms with Crippen molar-refractivity contribution in [1.29, 1.82) is 0 Å². The average molecular weight is 206 g/mol. The maximum absolute atomic E-state index is 5.92. The van der Waals surface area contributed by atoms with Crippen LogP contribution in [0.1, 0.15) is 19.8 Å². The highest BCUT2D eigenvalue weighted by molar-refractivity contribution is 6.67. The van der Waals surface area contributed by atoms with E-state index in [1.807, 2.05) is 13.5 Å². The molecule has 2 atom stereocenters. The van der Waals surface area contributed by atoms with Gasteiger partial charge in [-0.15, -0.1) is 0 Å². The molecule has 0 aliphatic carbocycles.